The third-order valence-electron chi connectivity index (χ3n) is 3.10. The van der Waals surface area contributed by atoms with Crippen LogP contribution in [0.3, 0.4) is 0 Å². The van der Waals surface area contributed by atoms with Crippen molar-refractivity contribution in [2.45, 2.75) is 46.0 Å². The molecule has 20 heavy (non-hydrogen) atoms. The highest BCUT2D eigenvalue weighted by Gasteiger charge is 2.21. The molecule has 5 nitrogen and oxygen atoms in total. The van der Waals surface area contributed by atoms with Gasteiger partial charge < -0.3 is 0 Å². The molecule has 1 aliphatic heterocycles. The largest absolute Gasteiger partial charge is 0.278 e. The molecule has 0 aliphatic carbocycles. The number of pyridine rings is 1. The molecule has 0 fully saturated rings. The van der Waals surface area contributed by atoms with Crippen molar-refractivity contribution in [1.82, 2.24) is 10.4 Å². The van der Waals surface area contributed by atoms with Crippen LogP contribution in [0.25, 0.3) is 0 Å². The van der Waals surface area contributed by atoms with Crippen LogP contribution in [0.4, 0.5) is 11.4 Å². The van der Waals surface area contributed by atoms with Gasteiger partial charge in [0.25, 0.3) is 0 Å². The highest BCUT2D eigenvalue weighted by Crippen LogP contribution is 2.29. The third kappa shape index (κ3) is 3.93. The van der Waals surface area contributed by atoms with Gasteiger partial charge in [-0.15, -0.1) is 12.4 Å². The number of hydrogen-bond donors (Lipinski definition) is 1. The van der Waals surface area contributed by atoms with E-state index < -0.39 is 0 Å². The highest BCUT2D eigenvalue weighted by molar-refractivity contribution is 6.02. The van der Waals surface area contributed by atoms with Crippen LogP contribution in [0.5, 0.6) is 0 Å². The fraction of sp³-hybridized carbons (Fsp3) is 0.500. The van der Waals surface area contributed by atoms with E-state index in [-0.39, 0.29) is 18.3 Å². The van der Waals surface area contributed by atoms with E-state index in [1.807, 2.05) is 0 Å². The lowest BCUT2D eigenvalue weighted by molar-refractivity contribution is -0.117. The summed E-state index contributed by atoms with van der Waals surface area (Å²) < 4.78 is 0. The Hall–Kier alpha value is -1.62. The highest BCUT2D eigenvalue weighted by atomic mass is 35.5. The summed E-state index contributed by atoms with van der Waals surface area (Å²) in [6.45, 7) is 3.73. The fourth-order valence-electron chi connectivity index (χ4n) is 2.09. The maximum atomic E-state index is 11.7. The predicted molar refractivity (Wildman–Crippen MR) is 83.6 cm³/mol. The molecule has 110 valence electrons. The molecule has 0 saturated heterocycles. The summed E-state index contributed by atoms with van der Waals surface area (Å²) in [7, 11) is 0. The molecule has 1 aliphatic rings. The molecule has 1 aromatic heterocycles. The van der Waals surface area contributed by atoms with Crippen LogP contribution in [0, 0.1) is 0 Å². The second kappa shape index (κ2) is 7.85. The second-order valence-electron chi connectivity index (χ2n) is 4.70. The standard InChI is InChI=1S/C14H20N4O.ClH/c1-3-4-5-6-7-14-16-12-10-15-9-8-13(12)18(17-14)11(2)19;/h8-10H,3-7H2,1-2H3,(H,16,17);1H. The van der Waals surface area contributed by atoms with Gasteiger partial charge in [-0.3, -0.25) is 15.2 Å². The first-order chi connectivity index (χ1) is 9.22. The molecule has 2 heterocycles. The first-order valence-electron chi connectivity index (χ1n) is 6.81. The first-order valence-corrected chi connectivity index (χ1v) is 6.81. The third-order valence-corrected chi connectivity index (χ3v) is 3.10. The Bertz CT molecular complexity index is 490. The van der Waals surface area contributed by atoms with Gasteiger partial charge in [-0.05, 0) is 12.5 Å². The number of carbonyl (C=O) groups is 1. The van der Waals surface area contributed by atoms with Gasteiger partial charge in [-0.1, -0.05) is 26.2 Å². The molecule has 1 aromatic rings. The molecule has 0 spiro atoms. The van der Waals surface area contributed by atoms with E-state index in [0.717, 1.165) is 30.1 Å². The van der Waals surface area contributed by atoms with Crippen molar-refractivity contribution in [2.75, 3.05) is 5.01 Å². The lowest BCUT2D eigenvalue weighted by Gasteiger charge is -2.28. The van der Waals surface area contributed by atoms with Crippen molar-refractivity contribution in [3.05, 3.63) is 18.5 Å². The Morgan fingerprint density at radius 2 is 2.15 bits per heavy atom. The quantitative estimate of drug-likeness (QED) is 0.848. The Labute approximate surface area is 125 Å². The van der Waals surface area contributed by atoms with Crippen LogP contribution in [0.15, 0.2) is 23.5 Å². The van der Waals surface area contributed by atoms with E-state index in [0.29, 0.717) is 0 Å². The monoisotopic (exact) mass is 296 g/mol. The number of anilines is 1. The van der Waals surface area contributed by atoms with Crippen molar-refractivity contribution < 1.29 is 4.79 Å². The number of rotatable bonds is 5. The first kappa shape index (κ1) is 16.4. The van der Waals surface area contributed by atoms with Crippen molar-refractivity contribution in [3.63, 3.8) is 0 Å². The van der Waals surface area contributed by atoms with E-state index in [1.54, 1.807) is 23.5 Å². The normalized spacial score (nSPS) is 12.9. The summed E-state index contributed by atoms with van der Waals surface area (Å²) in [5, 5.41) is 1.54. The van der Waals surface area contributed by atoms with Gasteiger partial charge in [0.05, 0.1) is 11.9 Å². The fourth-order valence-corrected chi connectivity index (χ4v) is 2.09. The smallest absolute Gasteiger partial charge is 0.242 e. The van der Waals surface area contributed by atoms with Crippen LogP contribution >= 0.6 is 12.4 Å². The van der Waals surface area contributed by atoms with Gasteiger partial charge in [-0.25, -0.2) is 10.0 Å². The average molecular weight is 297 g/mol. The molecule has 0 aromatic carbocycles. The molecule has 1 N–H and O–H groups in total. The van der Waals surface area contributed by atoms with Crippen LogP contribution in [-0.4, -0.2) is 16.7 Å². The molecule has 0 unspecified atom stereocenters. The Kier molecular flexibility index (Phi) is 6.45. The van der Waals surface area contributed by atoms with Crippen LogP contribution < -0.4 is 10.4 Å². The predicted octanol–water partition coefficient (Wildman–Crippen LogP) is 3.37. The molecule has 0 atom stereocenters. The van der Waals surface area contributed by atoms with Crippen LogP contribution in [0.2, 0.25) is 0 Å². The molecular weight excluding hydrogens is 276 g/mol. The van der Waals surface area contributed by atoms with Crippen molar-refractivity contribution in [3.8, 4) is 0 Å². The molecule has 0 bridgehead atoms. The molecule has 1 amide bonds. The number of hydrogen-bond acceptors (Lipinski definition) is 4. The van der Waals surface area contributed by atoms with E-state index in [2.05, 4.69) is 22.3 Å². The summed E-state index contributed by atoms with van der Waals surface area (Å²) in [5.41, 5.74) is 4.61. The molecule has 0 saturated carbocycles. The summed E-state index contributed by atoms with van der Waals surface area (Å²) in [4.78, 5) is 20.3. The van der Waals surface area contributed by atoms with Crippen LogP contribution in [-0.2, 0) is 4.79 Å². The number of aliphatic imine (C=N–C) groups is 1. The Balaban J connectivity index is 0.00000200. The van der Waals surface area contributed by atoms with Gasteiger partial charge >= 0.3 is 0 Å². The average Bonchev–Trinajstić information content (AvgIpc) is 2.42. The SMILES string of the molecule is CCCCCCC1=Nc2cnccc2N(C(C)=O)N1.Cl. The molecule has 6 heteroatoms. The van der Waals surface area contributed by atoms with Gasteiger partial charge in [0, 0.05) is 19.5 Å². The van der Waals surface area contributed by atoms with Gasteiger partial charge in [0.2, 0.25) is 5.91 Å². The molecule has 2 rings (SSSR count). The Morgan fingerprint density at radius 3 is 2.85 bits per heavy atom. The van der Waals surface area contributed by atoms with Crippen molar-refractivity contribution >= 4 is 35.5 Å². The number of hydrazine groups is 1. The van der Waals surface area contributed by atoms with Gasteiger partial charge in [0.1, 0.15) is 11.5 Å². The number of amidine groups is 1. The summed E-state index contributed by atoms with van der Waals surface area (Å²) in [6.07, 6.45) is 8.95. The maximum absolute atomic E-state index is 11.7. The van der Waals surface area contributed by atoms with E-state index in [9.17, 15) is 4.79 Å². The van der Waals surface area contributed by atoms with Crippen LogP contribution in [0.1, 0.15) is 46.0 Å². The number of aromatic nitrogens is 1. The van der Waals surface area contributed by atoms with Crippen molar-refractivity contribution in [1.29, 1.82) is 0 Å². The number of nitrogens with zero attached hydrogens (tertiary/aromatic N) is 3. The number of halogens is 1. The molecule has 0 radical (unpaired) electrons. The second-order valence-corrected chi connectivity index (χ2v) is 4.70. The number of carbonyl (C=O) groups excluding carboxylic acids is 1. The lowest BCUT2D eigenvalue weighted by Crippen LogP contribution is -2.47. The van der Waals surface area contributed by atoms with Gasteiger partial charge in [-0.2, -0.15) is 0 Å². The summed E-state index contributed by atoms with van der Waals surface area (Å²) in [5.74, 6) is 0.792. The lowest BCUT2D eigenvalue weighted by atomic mass is 10.1. The number of nitrogens with one attached hydrogen (secondary N) is 1. The zero-order valence-corrected chi connectivity index (χ0v) is 12.7. The number of amides is 1. The molecular formula is C14H21ClN4O. The Morgan fingerprint density at radius 1 is 1.35 bits per heavy atom. The minimum absolute atomic E-state index is 0. The minimum atomic E-state index is -0.0478. The zero-order valence-electron chi connectivity index (χ0n) is 11.9. The summed E-state index contributed by atoms with van der Waals surface area (Å²) in [6, 6.07) is 1.79. The number of fused-ring (bicyclic) bond motifs is 1. The van der Waals surface area contributed by atoms with E-state index in [4.69, 9.17) is 0 Å². The van der Waals surface area contributed by atoms with Crippen molar-refractivity contribution in [2.24, 2.45) is 4.99 Å². The zero-order chi connectivity index (χ0) is 13.7. The van der Waals surface area contributed by atoms with Gasteiger partial charge in [0.15, 0.2) is 0 Å². The number of unbranched alkanes of at least 4 members (excludes halogenated alkanes) is 3. The summed E-state index contributed by atoms with van der Waals surface area (Å²) >= 11 is 0. The van der Waals surface area contributed by atoms with E-state index in [1.165, 1.54) is 26.2 Å². The maximum Gasteiger partial charge on any atom is 0.242 e. The minimum Gasteiger partial charge on any atom is -0.278 e. The van der Waals surface area contributed by atoms with E-state index >= 15 is 0 Å². The topological polar surface area (TPSA) is 57.6 Å².